The molecule has 82 valence electrons. The van der Waals surface area contributed by atoms with Crippen LogP contribution in [0.2, 0.25) is 0 Å². The largest absolute Gasteiger partial charge is 0.292 e. The van der Waals surface area contributed by atoms with Gasteiger partial charge in [-0.1, -0.05) is 12.1 Å². The van der Waals surface area contributed by atoms with Crippen molar-refractivity contribution in [2.75, 3.05) is 7.05 Å². The number of carbonyl (C=O) groups excluding carboxylic acids is 1. The van der Waals surface area contributed by atoms with E-state index in [1.807, 2.05) is 0 Å². The topological polar surface area (TPSA) is 41.1 Å². The number of nitrogens with one attached hydrogen (secondary N) is 2. The van der Waals surface area contributed by atoms with Crippen LogP contribution >= 0.6 is 0 Å². The first kappa shape index (κ1) is 11.7. The summed E-state index contributed by atoms with van der Waals surface area (Å²) in [5.74, 6) is -0.280. The summed E-state index contributed by atoms with van der Waals surface area (Å²) in [6.07, 6.45) is 1.01. The van der Waals surface area contributed by atoms with E-state index < -0.39 is 0 Å². The van der Waals surface area contributed by atoms with Crippen LogP contribution in [0.3, 0.4) is 0 Å². The van der Waals surface area contributed by atoms with Crippen LogP contribution in [-0.2, 0) is 11.2 Å². The Morgan fingerprint density at radius 2 is 2.20 bits per heavy atom. The summed E-state index contributed by atoms with van der Waals surface area (Å²) in [6.45, 7) is 1.71. The molecule has 2 N–H and O–H groups in total. The Kier molecular flexibility index (Phi) is 4.24. The van der Waals surface area contributed by atoms with Crippen LogP contribution in [0.25, 0.3) is 0 Å². The first-order valence-electron chi connectivity index (χ1n) is 4.84. The van der Waals surface area contributed by atoms with E-state index in [0.29, 0.717) is 18.4 Å². The number of benzene rings is 1. The fraction of sp³-hybridized carbons (Fsp3) is 0.364. The quantitative estimate of drug-likeness (QED) is 0.736. The van der Waals surface area contributed by atoms with Crippen molar-refractivity contribution in [1.29, 1.82) is 0 Å². The lowest BCUT2D eigenvalue weighted by molar-refractivity contribution is -0.121. The van der Waals surface area contributed by atoms with Crippen molar-refractivity contribution in [2.45, 2.75) is 19.8 Å². The molecule has 0 bridgehead atoms. The van der Waals surface area contributed by atoms with Crippen LogP contribution in [0.1, 0.15) is 17.5 Å². The standard InChI is InChI=1S/C11H15FN2O/c1-8-7-9(3-5-10(8)12)4-6-11(15)14-13-2/h3,5,7,13H,4,6H2,1-2H3,(H,14,15). The lowest BCUT2D eigenvalue weighted by Gasteiger charge is -2.04. The van der Waals surface area contributed by atoms with E-state index in [0.717, 1.165) is 5.56 Å². The van der Waals surface area contributed by atoms with Gasteiger partial charge in [-0.05, 0) is 30.5 Å². The second-order valence-corrected chi connectivity index (χ2v) is 3.38. The van der Waals surface area contributed by atoms with Gasteiger partial charge in [0.1, 0.15) is 5.82 Å². The summed E-state index contributed by atoms with van der Waals surface area (Å²) in [5.41, 5.74) is 6.63. The zero-order valence-corrected chi connectivity index (χ0v) is 8.93. The SMILES string of the molecule is CNNC(=O)CCc1ccc(F)c(C)c1. The molecule has 0 aliphatic rings. The van der Waals surface area contributed by atoms with Gasteiger partial charge in [-0.3, -0.25) is 10.2 Å². The molecule has 1 aromatic carbocycles. The number of hydrogen-bond acceptors (Lipinski definition) is 2. The summed E-state index contributed by atoms with van der Waals surface area (Å²) in [6, 6.07) is 4.90. The van der Waals surface area contributed by atoms with E-state index in [4.69, 9.17) is 0 Å². The molecule has 3 nitrogen and oxygen atoms in total. The third-order valence-electron chi connectivity index (χ3n) is 2.13. The fourth-order valence-corrected chi connectivity index (χ4v) is 1.32. The van der Waals surface area contributed by atoms with Crippen LogP contribution in [0.4, 0.5) is 4.39 Å². The second-order valence-electron chi connectivity index (χ2n) is 3.38. The van der Waals surface area contributed by atoms with E-state index in [1.165, 1.54) is 6.07 Å². The number of rotatable bonds is 4. The van der Waals surface area contributed by atoms with Crippen molar-refractivity contribution in [1.82, 2.24) is 10.9 Å². The molecule has 1 amide bonds. The monoisotopic (exact) mass is 210 g/mol. The molecule has 0 fully saturated rings. The normalized spacial score (nSPS) is 10.1. The average Bonchev–Trinajstić information content (AvgIpc) is 2.20. The highest BCUT2D eigenvalue weighted by Crippen LogP contribution is 2.10. The minimum Gasteiger partial charge on any atom is -0.292 e. The Morgan fingerprint density at radius 3 is 2.80 bits per heavy atom. The first-order chi connectivity index (χ1) is 7.13. The minimum atomic E-state index is -0.210. The number of aryl methyl sites for hydroxylation is 2. The molecular formula is C11H15FN2O. The molecule has 0 radical (unpaired) electrons. The Hall–Kier alpha value is -1.42. The highest BCUT2D eigenvalue weighted by molar-refractivity contribution is 5.75. The van der Waals surface area contributed by atoms with Gasteiger partial charge in [0.2, 0.25) is 5.91 Å². The number of amides is 1. The van der Waals surface area contributed by atoms with Crippen molar-refractivity contribution in [2.24, 2.45) is 0 Å². The molecule has 0 heterocycles. The Morgan fingerprint density at radius 1 is 1.47 bits per heavy atom. The maximum Gasteiger partial charge on any atom is 0.234 e. The lowest BCUT2D eigenvalue weighted by Crippen LogP contribution is -2.34. The van der Waals surface area contributed by atoms with Gasteiger partial charge in [0.25, 0.3) is 0 Å². The molecular weight excluding hydrogens is 195 g/mol. The van der Waals surface area contributed by atoms with Gasteiger partial charge < -0.3 is 0 Å². The Bertz CT molecular complexity index is 352. The smallest absolute Gasteiger partial charge is 0.234 e. The maximum atomic E-state index is 12.9. The van der Waals surface area contributed by atoms with Gasteiger partial charge in [0.15, 0.2) is 0 Å². The summed E-state index contributed by atoms with van der Waals surface area (Å²) < 4.78 is 12.9. The zero-order chi connectivity index (χ0) is 11.3. The van der Waals surface area contributed by atoms with Crippen molar-refractivity contribution in [3.8, 4) is 0 Å². The van der Waals surface area contributed by atoms with Crippen molar-refractivity contribution < 1.29 is 9.18 Å². The summed E-state index contributed by atoms with van der Waals surface area (Å²) >= 11 is 0. The van der Waals surface area contributed by atoms with Gasteiger partial charge in [-0.15, -0.1) is 0 Å². The third-order valence-corrected chi connectivity index (χ3v) is 2.13. The zero-order valence-electron chi connectivity index (χ0n) is 8.93. The Balaban J connectivity index is 2.51. The number of hydrogen-bond donors (Lipinski definition) is 2. The van der Waals surface area contributed by atoms with Crippen LogP contribution in [0.15, 0.2) is 18.2 Å². The van der Waals surface area contributed by atoms with E-state index in [-0.39, 0.29) is 11.7 Å². The minimum absolute atomic E-state index is 0.0699. The van der Waals surface area contributed by atoms with Crippen LogP contribution in [0.5, 0.6) is 0 Å². The van der Waals surface area contributed by atoms with Gasteiger partial charge in [0.05, 0.1) is 0 Å². The van der Waals surface area contributed by atoms with Crippen LogP contribution in [0, 0.1) is 12.7 Å². The molecule has 0 aliphatic carbocycles. The molecule has 0 saturated carbocycles. The van der Waals surface area contributed by atoms with Crippen molar-refractivity contribution in [3.63, 3.8) is 0 Å². The predicted molar refractivity (Wildman–Crippen MR) is 56.7 cm³/mol. The summed E-state index contributed by atoms with van der Waals surface area (Å²) in [5, 5.41) is 0. The maximum absolute atomic E-state index is 12.9. The molecule has 0 aromatic heterocycles. The molecule has 1 aromatic rings. The second kappa shape index (κ2) is 5.46. The van der Waals surface area contributed by atoms with Crippen LogP contribution < -0.4 is 10.9 Å². The van der Waals surface area contributed by atoms with Gasteiger partial charge in [-0.2, -0.15) is 0 Å². The Labute approximate surface area is 88.7 Å². The predicted octanol–water partition coefficient (Wildman–Crippen LogP) is 1.32. The molecule has 0 atom stereocenters. The van der Waals surface area contributed by atoms with Gasteiger partial charge >= 0.3 is 0 Å². The van der Waals surface area contributed by atoms with Gasteiger partial charge in [0, 0.05) is 13.5 Å². The number of hydrazine groups is 1. The summed E-state index contributed by atoms with van der Waals surface area (Å²) in [7, 11) is 1.64. The van der Waals surface area contributed by atoms with Crippen molar-refractivity contribution >= 4 is 5.91 Å². The van der Waals surface area contributed by atoms with E-state index in [1.54, 1.807) is 26.1 Å². The molecule has 0 spiro atoms. The van der Waals surface area contributed by atoms with Crippen LogP contribution in [-0.4, -0.2) is 13.0 Å². The number of halogens is 1. The van der Waals surface area contributed by atoms with Crippen molar-refractivity contribution in [3.05, 3.63) is 35.1 Å². The third kappa shape index (κ3) is 3.67. The summed E-state index contributed by atoms with van der Waals surface area (Å²) in [4.78, 5) is 11.1. The molecule has 1 rings (SSSR count). The van der Waals surface area contributed by atoms with E-state index in [9.17, 15) is 9.18 Å². The lowest BCUT2D eigenvalue weighted by atomic mass is 10.1. The van der Waals surface area contributed by atoms with E-state index >= 15 is 0 Å². The average molecular weight is 210 g/mol. The van der Waals surface area contributed by atoms with E-state index in [2.05, 4.69) is 10.9 Å². The number of carbonyl (C=O) groups is 1. The highest BCUT2D eigenvalue weighted by Gasteiger charge is 2.02. The molecule has 4 heteroatoms. The molecule has 15 heavy (non-hydrogen) atoms. The molecule has 0 unspecified atom stereocenters. The molecule has 0 saturated heterocycles. The van der Waals surface area contributed by atoms with Gasteiger partial charge in [-0.25, -0.2) is 9.82 Å². The highest BCUT2D eigenvalue weighted by atomic mass is 19.1. The molecule has 0 aliphatic heterocycles. The first-order valence-corrected chi connectivity index (χ1v) is 4.84. The fourth-order valence-electron chi connectivity index (χ4n) is 1.32.